The molecule has 0 N–H and O–H groups in total. The molecule has 0 aliphatic rings. The number of rotatable bonds is 4. The van der Waals surface area contributed by atoms with Gasteiger partial charge in [0.15, 0.2) is 0 Å². The van der Waals surface area contributed by atoms with E-state index in [-0.39, 0.29) is 0 Å². The van der Waals surface area contributed by atoms with Crippen molar-refractivity contribution in [2.45, 2.75) is 6.92 Å². The molecule has 0 saturated heterocycles. The van der Waals surface area contributed by atoms with Crippen LogP contribution in [0.15, 0.2) is 36.4 Å². The first kappa shape index (κ1) is 10.9. The van der Waals surface area contributed by atoms with Gasteiger partial charge in [0.05, 0.1) is 6.61 Å². The molecule has 3 heteroatoms. The third-order valence-corrected chi connectivity index (χ3v) is 2.62. The van der Waals surface area contributed by atoms with Crippen molar-refractivity contribution in [3.63, 3.8) is 0 Å². The Hall–Kier alpha value is -0.220. The van der Waals surface area contributed by atoms with Crippen molar-refractivity contribution in [2.24, 2.45) is 0 Å². The van der Waals surface area contributed by atoms with Crippen LogP contribution in [-0.4, -0.2) is 6.61 Å². The summed E-state index contributed by atoms with van der Waals surface area (Å²) in [5.41, 5.74) is 2.53. The van der Waals surface area contributed by atoms with Gasteiger partial charge in [-0.3, -0.25) is 0 Å². The summed E-state index contributed by atoms with van der Waals surface area (Å²) in [5.74, 6) is 0. The standard InChI is InChI=1S/C10H14OP2/c1-9(7-8-11-13-12)10-5-3-2-4-6-10/h2-7,13H,8,12H2,1H3/b9-7+. The quantitative estimate of drug-likeness (QED) is 0.548. The normalized spacial score (nSPS) is 12.6. The van der Waals surface area contributed by atoms with Crippen molar-refractivity contribution in [1.29, 1.82) is 0 Å². The largest absolute Gasteiger partial charge is 0.354 e. The van der Waals surface area contributed by atoms with Crippen LogP contribution in [0.4, 0.5) is 0 Å². The highest BCUT2D eigenvalue weighted by Crippen LogP contribution is 2.21. The van der Waals surface area contributed by atoms with Gasteiger partial charge < -0.3 is 4.52 Å². The summed E-state index contributed by atoms with van der Waals surface area (Å²) in [6, 6.07) is 10.3. The molecule has 2 unspecified atom stereocenters. The van der Waals surface area contributed by atoms with Gasteiger partial charge in [-0.1, -0.05) is 45.3 Å². The first-order valence-corrected chi connectivity index (χ1v) is 6.86. The lowest BCUT2D eigenvalue weighted by molar-refractivity contribution is 0.424. The molecule has 1 aromatic carbocycles. The van der Waals surface area contributed by atoms with Gasteiger partial charge in [0.1, 0.15) is 0 Å². The van der Waals surface area contributed by atoms with Gasteiger partial charge in [0.2, 0.25) is 0 Å². The number of benzene rings is 1. The molecule has 0 aliphatic heterocycles. The predicted molar refractivity (Wildman–Crippen MR) is 64.1 cm³/mol. The molecule has 1 aromatic rings. The topological polar surface area (TPSA) is 9.23 Å². The maximum atomic E-state index is 5.24. The van der Waals surface area contributed by atoms with Crippen LogP contribution < -0.4 is 0 Å². The smallest absolute Gasteiger partial charge is 0.0697 e. The fourth-order valence-electron chi connectivity index (χ4n) is 1.03. The summed E-state index contributed by atoms with van der Waals surface area (Å²) in [5, 5.41) is 0. The van der Waals surface area contributed by atoms with Crippen LogP contribution in [0.5, 0.6) is 0 Å². The number of hydrogen-bond acceptors (Lipinski definition) is 1. The van der Waals surface area contributed by atoms with E-state index in [0.29, 0.717) is 15.1 Å². The summed E-state index contributed by atoms with van der Waals surface area (Å²) >= 11 is 0. The van der Waals surface area contributed by atoms with E-state index in [0.717, 1.165) is 0 Å². The first-order valence-electron chi connectivity index (χ1n) is 4.14. The lowest BCUT2D eigenvalue weighted by Crippen LogP contribution is -1.82. The lowest BCUT2D eigenvalue weighted by Gasteiger charge is -2.00. The van der Waals surface area contributed by atoms with Gasteiger partial charge in [-0.25, -0.2) is 0 Å². The Bertz CT molecular complexity index is 270. The van der Waals surface area contributed by atoms with E-state index in [1.807, 2.05) is 18.2 Å². The van der Waals surface area contributed by atoms with Gasteiger partial charge >= 0.3 is 0 Å². The Morgan fingerprint density at radius 2 is 2.15 bits per heavy atom. The second-order valence-corrected chi connectivity index (χ2v) is 3.91. The minimum absolute atomic E-state index is 0.487. The van der Waals surface area contributed by atoms with Crippen LogP contribution in [0.3, 0.4) is 0 Å². The molecule has 70 valence electrons. The summed E-state index contributed by atoms with van der Waals surface area (Å²) in [4.78, 5) is 0. The van der Waals surface area contributed by atoms with Crippen molar-refractivity contribution in [3.05, 3.63) is 42.0 Å². The molecule has 2 atom stereocenters. The summed E-state index contributed by atoms with van der Waals surface area (Å²) in [6.45, 7) is 2.80. The highest BCUT2D eigenvalue weighted by Gasteiger charge is 1.91. The fourth-order valence-corrected chi connectivity index (χ4v) is 1.50. The Kier molecular flexibility index (Phi) is 5.23. The molecule has 0 amide bonds. The maximum Gasteiger partial charge on any atom is 0.0697 e. The molecule has 0 fully saturated rings. The van der Waals surface area contributed by atoms with Crippen molar-refractivity contribution in [1.82, 2.24) is 0 Å². The average Bonchev–Trinajstić information content (AvgIpc) is 2.19. The fraction of sp³-hybridized carbons (Fsp3) is 0.200. The number of allylic oxidation sites excluding steroid dienone is 1. The van der Waals surface area contributed by atoms with Crippen LogP contribution in [0.2, 0.25) is 0 Å². The van der Waals surface area contributed by atoms with Crippen LogP contribution in [-0.2, 0) is 4.52 Å². The summed E-state index contributed by atoms with van der Waals surface area (Å²) < 4.78 is 5.24. The maximum absolute atomic E-state index is 5.24. The molecule has 0 bridgehead atoms. The zero-order chi connectivity index (χ0) is 9.52. The Morgan fingerprint density at radius 3 is 2.77 bits per heavy atom. The van der Waals surface area contributed by atoms with Crippen LogP contribution in [0, 0.1) is 0 Å². The zero-order valence-electron chi connectivity index (χ0n) is 7.66. The molecular formula is C10H14OP2. The highest BCUT2D eigenvalue weighted by molar-refractivity contribution is 8.00. The van der Waals surface area contributed by atoms with Gasteiger partial charge in [-0.05, 0) is 18.1 Å². The zero-order valence-corrected chi connectivity index (χ0v) is 9.81. The Labute approximate surface area is 83.5 Å². The monoisotopic (exact) mass is 212 g/mol. The van der Waals surface area contributed by atoms with Crippen molar-refractivity contribution in [3.8, 4) is 0 Å². The molecule has 0 aromatic heterocycles. The van der Waals surface area contributed by atoms with Crippen LogP contribution >= 0.6 is 17.4 Å². The van der Waals surface area contributed by atoms with Gasteiger partial charge in [0, 0.05) is 8.50 Å². The van der Waals surface area contributed by atoms with E-state index in [2.05, 4.69) is 34.1 Å². The third-order valence-electron chi connectivity index (χ3n) is 1.79. The van der Waals surface area contributed by atoms with Gasteiger partial charge in [-0.15, -0.1) is 0 Å². The van der Waals surface area contributed by atoms with Crippen molar-refractivity contribution < 1.29 is 4.52 Å². The van der Waals surface area contributed by atoms with Crippen LogP contribution in [0.1, 0.15) is 12.5 Å². The Balaban J connectivity index is 2.57. The molecular weight excluding hydrogens is 198 g/mol. The Morgan fingerprint density at radius 1 is 1.46 bits per heavy atom. The second-order valence-electron chi connectivity index (χ2n) is 2.68. The first-order chi connectivity index (χ1) is 6.34. The van der Waals surface area contributed by atoms with E-state index in [1.54, 1.807) is 0 Å². The van der Waals surface area contributed by atoms with Crippen molar-refractivity contribution >= 4 is 23.0 Å². The molecule has 13 heavy (non-hydrogen) atoms. The summed E-state index contributed by atoms with van der Waals surface area (Å²) in [7, 11) is 3.05. The van der Waals surface area contributed by atoms with E-state index in [1.165, 1.54) is 11.1 Å². The second kappa shape index (κ2) is 6.27. The predicted octanol–water partition coefficient (Wildman–Crippen LogP) is 3.49. The van der Waals surface area contributed by atoms with Crippen molar-refractivity contribution in [2.75, 3.05) is 6.61 Å². The molecule has 1 nitrogen and oxygen atoms in total. The molecule has 0 saturated carbocycles. The minimum Gasteiger partial charge on any atom is -0.354 e. The van der Waals surface area contributed by atoms with Crippen LogP contribution in [0.25, 0.3) is 5.57 Å². The molecule has 0 spiro atoms. The molecule has 0 radical (unpaired) electrons. The van der Waals surface area contributed by atoms with Gasteiger partial charge in [0.25, 0.3) is 0 Å². The molecule has 1 rings (SSSR count). The third kappa shape index (κ3) is 4.00. The van der Waals surface area contributed by atoms with E-state index in [4.69, 9.17) is 4.52 Å². The SMILES string of the molecule is C/C(=C\COPP)c1ccccc1. The van der Waals surface area contributed by atoms with E-state index >= 15 is 0 Å². The average molecular weight is 212 g/mol. The van der Waals surface area contributed by atoms with E-state index in [9.17, 15) is 0 Å². The molecule has 0 heterocycles. The highest BCUT2D eigenvalue weighted by atomic mass is 32.0. The lowest BCUT2D eigenvalue weighted by atomic mass is 10.1. The minimum atomic E-state index is 0.487. The van der Waals surface area contributed by atoms with Gasteiger partial charge in [-0.2, -0.15) is 0 Å². The van der Waals surface area contributed by atoms with E-state index < -0.39 is 0 Å². The molecule has 0 aliphatic carbocycles. The summed E-state index contributed by atoms with van der Waals surface area (Å²) in [6.07, 6.45) is 2.10. The number of hydrogen-bond donors (Lipinski definition) is 0.